The van der Waals surface area contributed by atoms with Gasteiger partial charge in [-0.05, 0) is 19.3 Å². The highest BCUT2D eigenvalue weighted by atomic mass is 15.2. The molecule has 1 saturated carbocycles. The van der Waals surface area contributed by atoms with E-state index in [0.717, 1.165) is 18.1 Å². The molecule has 1 aliphatic carbocycles. The lowest BCUT2D eigenvalue weighted by molar-refractivity contribution is 0.646. The highest BCUT2D eigenvalue weighted by Gasteiger charge is 2.21. The molecule has 0 amide bonds. The Morgan fingerprint density at radius 3 is 2.86 bits per heavy atom. The van der Waals surface area contributed by atoms with Gasteiger partial charge in [0.25, 0.3) is 0 Å². The fourth-order valence-corrected chi connectivity index (χ4v) is 2.02. The van der Waals surface area contributed by atoms with Crippen molar-refractivity contribution < 1.29 is 0 Å². The molecule has 0 spiro atoms. The van der Waals surface area contributed by atoms with Crippen LogP contribution >= 0.6 is 0 Å². The number of hydrogen-bond acceptors (Lipinski definition) is 3. The van der Waals surface area contributed by atoms with Crippen molar-refractivity contribution in [3.8, 4) is 0 Å². The van der Waals surface area contributed by atoms with Gasteiger partial charge < -0.3 is 5.73 Å². The van der Waals surface area contributed by atoms with Gasteiger partial charge in [0.15, 0.2) is 5.82 Å². The average Bonchev–Trinajstić information content (AvgIpc) is 2.86. The molecule has 0 saturated heterocycles. The van der Waals surface area contributed by atoms with Crippen LogP contribution < -0.4 is 5.73 Å². The van der Waals surface area contributed by atoms with Crippen LogP contribution in [-0.4, -0.2) is 15.2 Å². The lowest BCUT2D eigenvalue weighted by Crippen LogP contribution is -2.10. The van der Waals surface area contributed by atoms with Crippen molar-refractivity contribution in [2.24, 2.45) is 5.73 Å². The molecule has 0 aromatic carbocycles. The summed E-state index contributed by atoms with van der Waals surface area (Å²) in [5.41, 5.74) is 5.86. The summed E-state index contributed by atoms with van der Waals surface area (Å²) in [6.07, 6.45) is 6.02. The first-order valence-electron chi connectivity index (χ1n) is 5.49. The molecule has 1 aromatic heterocycles. The lowest BCUT2D eigenvalue weighted by atomic mass is 10.1. The van der Waals surface area contributed by atoms with Gasteiger partial charge >= 0.3 is 0 Å². The molecule has 0 bridgehead atoms. The Balaban J connectivity index is 2.08. The van der Waals surface area contributed by atoms with Crippen molar-refractivity contribution in [1.29, 1.82) is 0 Å². The van der Waals surface area contributed by atoms with Crippen molar-refractivity contribution in [3.63, 3.8) is 0 Å². The molecule has 4 nitrogen and oxygen atoms in total. The van der Waals surface area contributed by atoms with Crippen LogP contribution in [0.2, 0.25) is 0 Å². The van der Waals surface area contributed by atoms with Crippen LogP contribution in [-0.2, 0) is 0 Å². The Kier molecular flexibility index (Phi) is 2.82. The van der Waals surface area contributed by atoms with E-state index in [1.165, 1.54) is 25.7 Å². The first-order valence-corrected chi connectivity index (χ1v) is 5.49. The Morgan fingerprint density at radius 1 is 1.50 bits per heavy atom. The number of rotatable bonds is 3. The van der Waals surface area contributed by atoms with E-state index in [-0.39, 0.29) is 6.04 Å². The number of aromatic nitrogens is 3. The minimum atomic E-state index is -0.0126. The molecule has 0 unspecified atom stereocenters. The molecule has 1 heterocycles. The standard InChI is InChI=1S/C10H18N4/c1-2-8(11)10-12-9(13-14-10)7-5-3-4-6-7/h7-8H,2-6,11H2,1H3,(H,12,13,14)/t8-/m1/s1. The molecule has 78 valence electrons. The highest BCUT2D eigenvalue weighted by molar-refractivity contribution is 5.02. The smallest absolute Gasteiger partial charge is 0.167 e. The van der Waals surface area contributed by atoms with Gasteiger partial charge in [-0.2, -0.15) is 5.10 Å². The quantitative estimate of drug-likeness (QED) is 0.771. The number of aromatic amines is 1. The largest absolute Gasteiger partial charge is 0.321 e. The summed E-state index contributed by atoms with van der Waals surface area (Å²) in [6, 6.07) is -0.0126. The number of nitrogens with two attached hydrogens (primary N) is 1. The van der Waals surface area contributed by atoms with Crippen LogP contribution in [0.15, 0.2) is 0 Å². The first-order chi connectivity index (χ1) is 6.81. The van der Waals surface area contributed by atoms with Gasteiger partial charge in [0.2, 0.25) is 0 Å². The van der Waals surface area contributed by atoms with Gasteiger partial charge in [-0.15, -0.1) is 0 Å². The third-order valence-corrected chi connectivity index (χ3v) is 3.03. The second kappa shape index (κ2) is 4.09. The zero-order valence-corrected chi connectivity index (χ0v) is 8.66. The molecule has 0 radical (unpaired) electrons. The number of H-pyrrole nitrogens is 1. The predicted molar refractivity (Wildman–Crippen MR) is 54.8 cm³/mol. The molecule has 0 aliphatic heterocycles. The minimum absolute atomic E-state index is 0.0126. The van der Waals surface area contributed by atoms with Crippen LogP contribution in [0.25, 0.3) is 0 Å². The van der Waals surface area contributed by atoms with E-state index in [4.69, 9.17) is 5.73 Å². The van der Waals surface area contributed by atoms with E-state index >= 15 is 0 Å². The highest BCUT2D eigenvalue weighted by Crippen LogP contribution is 2.32. The van der Waals surface area contributed by atoms with Crippen LogP contribution in [0.1, 0.15) is 62.6 Å². The molecule has 1 atom stereocenters. The van der Waals surface area contributed by atoms with Gasteiger partial charge in [0, 0.05) is 5.92 Å². The summed E-state index contributed by atoms with van der Waals surface area (Å²) < 4.78 is 0. The van der Waals surface area contributed by atoms with Gasteiger partial charge in [-0.25, -0.2) is 4.98 Å². The SMILES string of the molecule is CC[C@@H](N)c1n[nH]c(C2CCCC2)n1. The van der Waals surface area contributed by atoms with E-state index in [1.807, 2.05) is 0 Å². The molecule has 1 aromatic rings. The number of nitrogens with one attached hydrogen (secondary N) is 1. The van der Waals surface area contributed by atoms with Crippen LogP contribution in [0, 0.1) is 0 Å². The monoisotopic (exact) mass is 194 g/mol. The van der Waals surface area contributed by atoms with Crippen molar-refractivity contribution >= 4 is 0 Å². The number of nitrogens with zero attached hydrogens (tertiary/aromatic N) is 2. The summed E-state index contributed by atoms with van der Waals surface area (Å²) >= 11 is 0. The molecule has 4 heteroatoms. The predicted octanol–water partition coefficient (Wildman–Crippen LogP) is 1.87. The Morgan fingerprint density at radius 2 is 2.21 bits per heavy atom. The van der Waals surface area contributed by atoms with E-state index in [9.17, 15) is 0 Å². The maximum atomic E-state index is 5.86. The van der Waals surface area contributed by atoms with Crippen LogP contribution in [0.3, 0.4) is 0 Å². The fourth-order valence-electron chi connectivity index (χ4n) is 2.02. The zero-order chi connectivity index (χ0) is 9.97. The van der Waals surface area contributed by atoms with Crippen molar-refractivity contribution in [1.82, 2.24) is 15.2 Å². The summed E-state index contributed by atoms with van der Waals surface area (Å²) in [4.78, 5) is 4.47. The van der Waals surface area contributed by atoms with Crippen molar-refractivity contribution in [2.45, 2.75) is 51.0 Å². The lowest BCUT2D eigenvalue weighted by Gasteiger charge is -2.03. The maximum absolute atomic E-state index is 5.86. The fraction of sp³-hybridized carbons (Fsp3) is 0.800. The Bertz CT molecular complexity index is 288. The molecule has 1 fully saturated rings. The first kappa shape index (κ1) is 9.65. The number of hydrogen-bond donors (Lipinski definition) is 2. The summed E-state index contributed by atoms with van der Waals surface area (Å²) in [5, 5.41) is 7.19. The van der Waals surface area contributed by atoms with E-state index in [1.54, 1.807) is 0 Å². The van der Waals surface area contributed by atoms with Gasteiger partial charge in [0.1, 0.15) is 5.82 Å². The maximum Gasteiger partial charge on any atom is 0.167 e. The summed E-state index contributed by atoms with van der Waals surface area (Å²) in [7, 11) is 0. The second-order valence-electron chi connectivity index (χ2n) is 4.07. The molecule has 2 rings (SSSR count). The van der Waals surface area contributed by atoms with Crippen molar-refractivity contribution in [3.05, 3.63) is 11.6 Å². The molecule has 1 aliphatic rings. The Hall–Kier alpha value is -0.900. The van der Waals surface area contributed by atoms with E-state index in [2.05, 4.69) is 22.1 Å². The molecular weight excluding hydrogens is 176 g/mol. The van der Waals surface area contributed by atoms with Gasteiger partial charge in [-0.1, -0.05) is 19.8 Å². The second-order valence-corrected chi connectivity index (χ2v) is 4.07. The summed E-state index contributed by atoms with van der Waals surface area (Å²) in [5.74, 6) is 2.41. The third-order valence-electron chi connectivity index (χ3n) is 3.03. The van der Waals surface area contributed by atoms with E-state index in [0.29, 0.717) is 5.92 Å². The zero-order valence-electron chi connectivity index (χ0n) is 8.66. The topological polar surface area (TPSA) is 67.6 Å². The Labute approximate surface area is 84.3 Å². The summed E-state index contributed by atoms with van der Waals surface area (Å²) in [6.45, 7) is 2.05. The molecular formula is C10H18N4. The van der Waals surface area contributed by atoms with Gasteiger partial charge in [-0.3, -0.25) is 5.10 Å². The van der Waals surface area contributed by atoms with Crippen LogP contribution in [0.4, 0.5) is 0 Å². The van der Waals surface area contributed by atoms with Gasteiger partial charge in [0.05, 0.1) is 6.04 Å². The average molecular weight is 194 g/mol. The van der Waals surface area contributed by atoms with Crippen molar-refractivity contribution in [2.75, 3.05) is 0 Å². The molecule has 14 heavy (non-hydrogen) atoms. The normalized spacial score (nSPS) is 20.1. The molecule has 3 N–H and O–H groups in total. The third kappa shape index (κ3) is 1.80. The van der Waals surface area contributed by atoms with E-state index < -0.39 is 0 Å². The minimum Gasteiger partial charge on any atom is -0.321 e. The van der Waals surface area contributed by atoms with Crippen LogP contribution in [0.5, 0.6) is 0 Å².